The zero-order chi connectivity index (χ0) is 32.7. The molecule has 0 spiro atoms. The molecule has 0 bridgehead atoms. The lowest BCUT2D eigenvalue weighted by Crippen LogP contribution is -2.39. The zero-order valence-electron chi connectivity index (χ0n) is 23.7. The second kappa shape index (κ2) is 12.6. The summed E-state index contributed by atoms with van der Waals surface area (Å²) in [4.78, 5) is 26.2. The molecule has 3 aromatic rings. The van der Waals surface area contributed by atoms with E-state index in [1.807, 2.05) is 0 Å². The number of carboxylic acid groups (broad SMARTS) is 1. The van der Waals surface area contributed by atoms with Crippen molar-refractivity contribution in [3.63, 3.8) is 0 Å². The molecular formula is C29H28BrF5N4O6. The Labute approximate surface area is 261 Å². The Bertz CT molecular complexity index is 1590. The van der Waals surface area contributed by atoms with Gasteiger partial charge >= 0.3 is 18.1 Å². The maximum absolute atomic E-state index is 15.1. The van der Waals surface area contributed by atoms with Crippen LogP contribution >= 0.6 is 15.9 Å². The van der Waals surface area contributed by atoms with E-state index in [1.165, 1.54) is 12.0 Å². The number of benzene rings is 2. The minimum Gasteiger partial charge on any atom is -0.496 e. The van der Waals surface area contributed by atoms with Crippen LogP contribution in [-0.4, -0.2) is 68.6 Å². The van der Waals surface area contributed by atoms with E-state index in [1.54, 1.807) is 18.2 Å². The van der Waals surface area contributed by atoms with Crippen LogP contribution < -0.4 is 4.74 Å². The number of methoxy groups -OCH3 is 1. The fraction of sp³-hybridized carbons (Fsp3) is 0.448. The topological polar surface area (TPSA) is 127 Å². The number of aliphatic carboxylic acids is 1. The average Bonchev–Trinajstić information content (AvgIpc) is 3.40. The van der Waals surface area contributed by atoms with Crippen LogP contribution in [0.4, 0.5) is 22.0 Å². The standard InChI is InChI=1S/C29H28BrF5N4O6/c1-44-20-4-2-3-17(24(20)30)25-18-12-16(29(33,34)35)5-6-19(18)39-26(36-37-27(39)28(31,32)14-40)21(45-25)13-22(41)38-9-7-15(8-10-38)11-23(42)43/h2-6,12,15,21,25,40H,7-11,13-14H2,1H3,(H,42,43)/t21-,25-/m1/s1. The van der Waals surface area contributed by atoms with Gasteiger partial charge in [0.2, 0.25) is 11.7 Å². The fourth-order valence-electron chi connectivity index (χ4n) is 5.68. The third-order valence-corrected chi connectivity index (χ3v) is 8.82. The van der Waals surface area contributed by atoms with Crippen molar-refractivity contribution in [3.8, 4) is 11.4 Å². The van der Waals surface area contributed by atoms with Crippen LogP contribution in [0.15, 0.2) is 40.9 Å². The van der Waals surface area contributed by atoms with E-state index in [9.17, 15) is 27.9 Å². The summed E-state index contributed by atoms with van der Waals surface area (Å²) >= 11 is 3.42. The molecule has 2 aliphatic heterocycles. The van der Waals surface area contributed by atoms with Crippen molar-refractivity contribution in [1.82, 2.24) is 19.7 Å². The number of carbonyl (C=O) groups is 2. The number of aliphatic hydroxyl groups excluding tert-OH is 1. The molecule has 45 heavy (non-hydrogen) atoms. The van der Waals surface area contributed by atoms with Crippen LogP contribution in [0.5, 0.6) is 5.75 Å². The van der Waals surface area contributed by atoms with E-state index in [2.05, 4.69) is 26.1 Å². The molecule has 5 rings (SSSR count). The Morgan fingerprint density at radius 2 is 1.78 bits per heavy atom. The van der Waals surface area contributed by atoms with Gasteiger partial charge in [0.25, 0.3) is 0 Å². The highest BCUT2D eigenvalue weighted by molar-refractivity contribution is 9.10. The Hall–Kier alpha value is -3.63. The molecule has 1 fully saturated rings. The first kappa shape index (κ1) is 32.8. The van der Waals surface area contributed by atoms with Gasteiger partial charge in [-0.15, -0.1) is 10.2 Å². The van der Waals surface area contributed by atoms with Crippen LogP contribution in [0.3, 0.4) is 0 Å². The predicted molar refractivity (Wildman–Crippen MR) is 150 cm³/mol. The monoisotopic (exact) mass is 702 g/mol. The SMILES string of the molecule is COc1cccc([C@H]2O[C@H](CC(=O)N3CCC(CC(=O)O)CC3)c3nnc(C(F)(F)CO)n3-c3ccc(C(F)(F)F)cc32)c1Br. The first-order chi connectivity index (χ1) is 21.2. The molecule has 1 saturated heterocycles. The van der Waals surface area contributed by atoms with E-state index in [4.69, 9.17) is 14.6 Å². The van der Waals surface area contributed by atoms with Gasteiger partial charge in [0.15, 0.2) is 5.82 Å². The number of aromatic nitrogens is 3. The lowest BCUT2D eigenvalue weighted by atomic mass is 9.93. The molecule has 3 heterocycles. The van der Waals surface area contributed by atoms with E-state index in [0.717, 1.165) is 22.8 Å². The number of fused-ring (bicyclic) bond motifs is 3. The third-order valence-electron chi connectivity index (χ3n) is 7.97. The Morgan fingerprint density at radius 1 is 1.07 bits per heavy atom. The number of ether oxygens (including phenoxy) is 2. The molecule has 16 heteroatoms. The fourth-order valence-corrected chi connectivity index (χ4v) is 6.32. The number of carbonyl (C=O) groups excluding carboxylic acids is 1. The second-order valence-electron chi connectivity index (χ2n) is 10.8. The number of amides is 1. The van der Waals surface area contributed by atoms with Gasteiger partial charge in [-0.25, -0.2) is 0 Å². The van der Waals surface area contributed by atoms with Gasteiger partial charge < -0.3 is 24.6 Å². The summed E-state index contributed by atoms with van der Waals surface area (Å²) < 4.78 is 84.9. The minimum atomic E-state index is -4.80. The maximum atomic E-state index is 15.1. The van der Waals surface area contributed by atoms with E-state index >= 15 is 8.78 Å². The van der Waals surface area contributed by atoms with Gasteiger partial charge in [-0.2, -0.15) is 22.0 Å². The number of likely N-dealkylation sites (tertiary alicyclic amines) is 1. The molecule has 0 radical (unpaired) electrons. The van der Waals surface area contributed by atoms with Gasteiger partial charge in [0.05, 0.1) is 29.3 Å². The summed E-state index contributed by atoms with van der Waals surface area (Å²) in [5.74, 6) is -6.45. The average molecular weight is 703 g/mol. The Balaban J connectivity index is 1.64. The zero-order valence-corrected chi connectivity index (χ0v) is 25.3. The summed E-state index contributed by atoms with van der Waals surface area (Å²) in [6.45, 7) is -1.16. The van der Waals surface area contributed by atoms with Gasteiger partial charge in [-0.3, -0.25) is 14.2 Å². The number of piperidine rings is 1. The molecule has 0 aliphatic carbocycles. The van der Waals surface area contributed by atoms with Gasteiger partial charge in [-0.1, -0.05) is 12.1 Å². The molecule has 1 amide bonds. The number of hydrogen-bond donors (Lipinski definition) is 2. The number of nitrogens with zero attached hydrogens (tertiary/aromatic N) is 4. The van der Waals surface area contributed by atoms with E-state index in [-0.39, 0.29) is 48.1 Å². The van der Waals surface area contributed by atoms with Crippen molar-refractivity contribution in [3.05, 3.63) is 69.2 Å². The molecule has 1 aromatic heterocycles. The molecule has 2 N–H and O–H groups in total. The Morgan fingerprint density at radius 3 is 2.40 bits per heavy atom. The normalized spacial score (nSPS) is 19.1. The first-order valence-corrected chi connectivity index (χ1v) is 14.7. The van der Waals surface area contributed by atoms with Crippen LogP contribution in [0, 0.1) is 5.92 Å². The number of aliphatic hydroxyl groups is 1. The number of carboxylic acids is 1. The quantitative estimate of drug-likeness (QED) is 0.299. The largest absolute Gasteiger partial charge is 0.496 e. The Kier molecular flexibility index (Phi) is 9.20. The molecule has 10 nitrogen and oxygen atoms in total. The van der Waals surface area contributed by atoms with Crippen molar-refractivity contribution in [1.29, 1.82) is 0 Å². The molecule has 2 aliphatic rings. The van der Waals surface area contributed by atoms with Crippen molar-refractivity contribution < 1.29 is 51.2 Å². The number of alkyl halides is 5. The van der Waals surface area contributed by atoms with E-state index < -0.39 is 60.6 Å². The lowest BCUT2D eigenvalue weighted by molar-refractivity contribution is -0.139. The van der Waals surface area contributed by atoms with Crippen LogP contribution in [0.25, 0.3) is 5.69 Å². The number of rotatable bonds is 8. The van der Waals surface area contributed by atoms with Crippen LogP contribution in [-0.2, 0) is 26.4 Å². The lowest BCUT2D eigenvalue weighted by Gasteiger charge is -2.32. The van der Waals surface area contributed by atoms with Crippen LogP contribution in [0.2, 0.25) is 0 Å². The first-order valence-electron chi connectivity index (χ1n) is 13.9. The number of halogens is 6. The summed E-state index contributed by atoms with van der Waals surface area (Å²) in [6, 6.07) is 7.25. The molecule has 2 aromatic carbocycles. The van der Waals surface area contributed by atoms with E-state index in [0.29, 0.717) is 23.1 Å². The van der Waals surface area contributed by atoms with Crippen molar-refractivity contribution in [2.75, 3.05) is 26.8 Å². The van der Waals surface area contributed by atoms with Crippen molar-refractivity contribution in [2.24, 2.45) is 5.92 Å². The minimum absolute atomic E-state index is 0.0337. The summed E-state index contributed by atoms with van der Waals surface area (Å²) in [7, 11) is 1.39. The number of hydrogen-bond acceptors (Lipinski definition) is 7. The highest BCUT2D eigenvalue weighted by atomic mass is 79.9. The molecule has 242 valence electrons. The predicted octanol–water partition coefficient (Wildman–Crippen LogP) is 5.41. The van der Waals surface area contributed by atoms with Crippen molar-refractivity contribution in [2.45, 2.75) is 50.0 Å². The second-order valence-corrected chi connectivity index (χ2v) is 11.6. The maximum Gasteiger partial charge on any atom is 0.416 e. The van der Waals surface area contributed by atoms with Crippen molar-refractivity contribution >= 4 is 27.8 Å². The van der Waals surface area contributed by atoms with Gasteiger partial charge in [-0.05, 0) is 59.0 Å². The summed E-state index contributed by atoms with van der Waals surface area (Å²) in [5, 5.41) is 26.1. The molecule has 2 atom stereocenters. The summed E-state index contributed by atoms with van der Waals surface area (Å²) in [6.07, 6.45) is -7.11. The smallest absolute Gasteiger partial charge is 0.416 e. The van der Waals surface area contributed by atoms with Crippen LogP contribution in [0.1, 0.15) is 66.2 Å². The molecular weight excluding hydrogens is 675 g/mol. The highest BCUT2D eigenvalue weighted by Gasteiger charge is 2.44. The molecule has 0 saturated carbocycles. The third kappa shape index (κ3) is 6.53. The van der Waals surface area contributed by atoms with Gasteiger partial charge in [0, 0.05) is 30.6 Å². The summed E-state index contributed by atoms with van der Waals surface area (Å²) in [5.41, 5.74) is -1.11. The van der Waals surface area contributed by atoms with Gasteiger partial charge in [0.1, 0.15) is 24.6 Å². The molecule has 0 unspecified atom stereocenters. The highest BCUT2D eigenvalue weighted by Crippen LogP contribution is 2.47.